The number of amides is 3. The number of hydrogen-bond acceptors (Lipinski definition) is 7. The molecule has 2 heterocycles. The SMILES string of the molecule is CCC(C)C(NC(=O)C(Cc1c[nH]c2ccccc12)NC(=O)C(Cc1ccc(O)cc1)NC(=O)C(N)Cc1cnc[nH]1)C(=O)O. The van der Waals surface area contributed by atoms with E-state index in [0.717, 1.165) is 16.5 Å². The molecular formula is C32H39N7O6. The molecule has 0 spiro atoms. The Balaban J connectivity index is 1.60. The maximum absolute atomic E-state index is 13.9. The summed E-state index contributed by atoms with van der Waals surface area (Å²) in [6, 6.07) is 9.14. The molecule has 0 aliphatic rings. The van der Waals surface area contributed by atoms with Gasteiger partial charge in [0.05, 0.1) is 12.4 Å². The number of carbonyl (C=O) groups is 4. The predicted molar refractivity (Wildman–Crippen MR) is 167 cm³/mol. The van der Waals surface area contributed by atoms with Crippen molar-refractivity contribution in [2.75, 3.05) is 0 Å². The lowest BCUT2D eigenvalue weighted by atomic mass is 9.97. The minimum absolute atomic E-state index is 0.0284. The number of aromatic hydroxyl groups is 1. The summed E-state index contributed by atoms with van der Waals surface area (Å²) in [4.78, 5) is 62.7. The van der Waals surface area contributed by atoms with Crippen molar-refractivity contribution in [1.29, 1.82) is 0 Å². The molecule has 5 unspecified atom stereocenters. The van der Waals surface area contributed by atoms with Crippen LogP contribution >= 0.6 is 0 Å². The summed E-state index contributed by atoms with van der Waals surface area (Å²) in [5.74, 6) is -3.45. The van der Waals surface area contributed by atoms with Crippen LogP contribution in [0.25, 0.3) is 10.9 Å². The van der Waals surface area contributed by atoms with Gasteiger partial charge in [-0.25, -0.2) is 9.78 Å². The summed E-state index contributed by atoms with van der Waals surface area (Å²) in [6.45, 7) is 3.55. The first kappa shape index (κ1) is 32.7. The van der Waals surface area contributed by atoms with E-state index in [1.807, 2.05) is 31.2 Å². The van der Waals surface area contributed by atoms with Crippen molar-refractivity contribution < 1.29 is 29.4 Å². The number of carboxylic acids is 1. The maximum atomic E-state index is 13.9. The molecule has 0 aliphatic carbocycles. The highest BCUT2D eigenvalue weighted by molar-refractivity contribution is 5.95. The van der Waals surface area contributed by atoms with Gasteiger partial charge in [-0.2, -0.15) is 0 Å². The first-order valence-corrected chi connectivity index (χ1v) is 14.7. The van der Waals surface area contributed by atoms with Crippen molar-refractivity contribution in [1.82, 2.24) is 30.9 Å². The van der Waals surface area contributed by atoms with Gasteiger partial charge >= 0.3 is 5.97 Å². The van der Waals surface area contributed by atoms with Crippen molar-refractivity contribution in [3.05, 3.63) is 84.1 Å². The number of carboxylic acid groups (broad SMARTS) is 1. The third kappa shape index (κ3) is 8.70. The van der Waals surface area contributed by atoms with Crippen LogP contribution in [0.2, 0.25) is 0 Å². The fourth-order valence-corrected chi connectivity index (χ4v) is 5.02. The van der Waals surface area contributed by atoms with E-state index in [9.17, 15) is 29.4 Å². The number of aromatic nitrogens is 3. The Labute approximate surface area is 260 Å². The number of nitrogens with zero attached hydrogens (tertiary/aromatic N) is 1. The number of rotatable bonds is 15. The van der Waals surface area contributed by atoms with Gasteiger partial charge < -0.3 is 41.9 Å². The Hall–Kier alpha value is -5.17. The zero-order valence-corrected chi connectivity index (χ0v) is 25.1. The summed E-state index contributed by atoms with van der Waals surface area (Å²) < 4.78 is 0. The number of fused-ring (bicyclic) bond motifs is 1. The summed E-state index contributed by atoms with van der Waals surface area (Å²) in [7, 11) is 0. The molecule has 238 valence electrons. The normalized spacial score (nSPS) is 14.6. The van der Waals surface area contributed by atoms with Crippen LogP contribution in [0.4, 0.5) is 0 Å². The van der Waals surface area contributed by atoms with E-state index in [0.29, 0.717) is 17.7 Å². The van der Waals surface area contributed by atoms with Gasteiger partial charge in [0, 0.05) is 48.3 Å². The summed E-state index contributed by atoms with van der Waals surface area (Å²) in [5, 5.41) is 28.5. The second-order valence-corrected chi connectivity index (χ2v) is 11.2. The lowest BCUT2D eigenvalue weighted by Gasteiger charge is -2.26. The van der Waals surface area contributed by atoms with Gasteiger partial charge in [-0.15, -0.1) is 0 Å². The molecule has 0 saturated carbocycles. The number of aliphatic carboxylic acids is 1. The second-order valence-electron chi connectivity index (χ2n) is 11.2. The molecule has 2 aromatic heterocycles. The molecule has 45 heavy (non-hydrogen) atoms. The van der Waals surface area contributed by atoms with Crippen LogP contribution in [0.15, 0.2) is 67.3 Å². The number of para-hydroxylation sites is 1. The van der Waals surface area contributed by atoms with E-state index in [1.165, 1.54) is 18.5 Å². The van der Waals surface area contributed by atoms with E-state index in [-0.39, 0.29) is 30.9 Å². The van der Waals surface area contributed by atoms with Crippen molar-refractivity contribution in [3.8, 4) is 5.75 Å². The molecular weight excluding hydrogens is 578 g/mol. The zero-order valence-electron chi connectivity index (χ0n) is 25.1. The van der Waals surface area contributed by atoms with Crippen molar-refractivity contribution in [2.45, 2.75) is 63.7 Å². The van der Waals surface area contributed by atoms with Crippen LogP contribution in [-0.2, 0) is 38.4 Å². The maximum Gasteiger partial charge on any atom is 0.326 e. The molecule has 4 aromatic rings. The first-order valence-electron chi connectivity index (χ1n) is 14.7. The molecule has 9 N–H and O–H groups in total. The standard InChI is InChI=1S/C32H39N7O6/c1-3-18(2)28(32(44)45)39-31(43)27(13-20-15-35-25-7-5-4-6-23(20)25)38-30(42)26(12-19-8-10-22(40)11-9-19)37-29(41)24(33)14-21-16-34-17-36-21/h4-11,15-18,24,26-28,35,40H,3,12-14,33H2,1-2H3,(H,34,36)(H,37,41)(H,38,42)(H,39,43)(H,44,45). The van der Waals surface area contributed by atoms with Crippen LogP contribution in [0, 0.1) is 5.92 Å². The van der Waals surface area contributed by atoms with Crippen LogP contribution < -0.4 is 21.7 Å². The molecule has 2 aromatic carbocycles. The molecule has 13 heteroatoms. The number of carbonyl (C=O) groups excluding carboxylic acids is 3. The number of hydrogen-bond donors (Lipinski definition) is 8. The van der Waals surface area contributed by atoms with Crippen molar-refractivity contribution in [3.63, 3.8) is 0 Å². The molecule has 3 amide bonds. The molecule has 0 aliphatic heterocycles. The third-order valence-electron chi connectivity index (χ3n) is 7.85. The molecule has 13 nitrogen and oxygen atoms in total. The van der Waals surface area contributed by atoms with Gasteiger partial charge in [-0.3, -0.25) is 14.4 Å². The summed E-state index contributed by atoms with van der Waals surface area (Å²) in [5.41, 5.74) is 8.99. The second kappa shape index (κ2) is 15.0. The Bertz CT molecular complexity index is 1600. The lowest BCUT2D eigenvalue weighted by molar-refractivity contribution is -0.143. The van der Waals surface area contributed by atoms with E-state index in [2.05, 4.69) is 30.9 Å². The minimum atomic E-state index is -1.18. The van der Waals surface area contributed by atoms with Gasteiger partial charge in [0.15, 0.2) is 0 Å². The van der Waals surface area contributed by atoms with Crippen molar-refractivity contribution >= 4 is 34.6 Å². The number of nitrogens with two attached hydrogens (primary N) is 1. The van der Waals surface area contributed by atoms with Gasteiger partial charge in [-0.05, 0) is 35.2 Å². The number of phenols is 1. The number of H-pyrrole nitrogens is 2. The Kier molecular flexibility index (Phi) is 10.9. The van der Waals surface area contributed by atoms with Gasteiger partial charge in [0.2, 0.25) is 17.7 Å². The molecule has 0 saturated heterocycles. The summed E-state index contributed by atoms with van der Waals surface area (Å²) in [6.07, 6.45) is 5.49. The highest BCUT2D eigenvalue weighted by atomic mass is 16.4. The average Bonchev–Trinajstić information content (AvgIpc) is 3.69. The Morgan fingerprint density at radius 2 is 1.56 bits per heavy atom. The largest absolute Gasteiger partial charge is 0.508 e. The van der Waals surface area contributed by atoms with Crippen molar-refractivity contribution in [2.24, 2.45) is 11.7 Å². The lowest BCUT2D eigenvalue weighted by Crippen LogP contribution is -2.58. The van der Waals surface area contributed by atoms with Gasteiger partial charge in [-0.1, -0.05) is 50.6 Å². The quantitative estimate of drug-likeness (QED) is 0.0977. The molecule has 0 radical (unpaired) electrons. The number of benzene rings is 2. The smallest absolute Gasteiger partial charge is 0.326 e. The molecule has 0 fully saturated rings. The molecule has 4 rings (SSSR count). The van der Waals surface area contributed by atoms with Crippen LogP contribution in [-0.4, -0.2) is 73.0 Å². The van der Waals surface area contributed by atoms with Gasteiger partial charge in [0.1, 0.15) is 23.9 Å². The predicted octanol–water partition coefficient (Wildman–Crippen LogP) is 1.54. The number of nitrogens with one attached hydrogen (secondary N) is 5. The number of imidazole rings is 1. The van der Waals surface area contributed by atoms with Gasteiger partial charge in [0.25, 0.3) is 0 Å². The highest BCUT2D eigenvalue weighted by Gasteiger charge is 2.32. The average molecular weight is 618 g/mol. The van der Waals surface area contributed by atoms with E-state index in [1.54, 1.807) is 31.5 Å². The molecule has 0 bridgehead atoms. The first-order chi connectivity index (χ1) is 21.5. The third-order valence-corrected chi connectivity index (χ3v) is 7.85. The zero-order chi connectivity index (χ0) is 32.5. The Morgan fingerprint density at radius 3 is 2.22 bits per heavy atom. The summed E-state index contributed by atoms with van der Waals surface area (Å²) >= 11 is 0. The number of phenolic OH excluding ortho intramolecular Hbond substituents is 1. The minimum Gasteiger partial charge on any atom is -0.508 e. The molecule has 5 atom stereocenters. The van der Waals surface area contributed by atoms with E-state index >= 15 is 0 Å². The van der Waals surface area contributed by atoms with Crippen LogP contribution in [0.3, 0.4) is 0 Å². The van der Waals surface area contributed by atoms with E-state index in [4.69, 9.17) is 5.73 Å². The van der Waals surface area contributed by atoms with E-state index < -0.39 is 47.9 Å². The van der Waals surface area contributed by atoms with Crippen LogP contribution in [0.1, 0.15) is 37.1 Å². The topological polar surface area (TPSA) is 215 Å². The highest BCUT2D eigenvalue weighted by Crippen LogP contribution is 2.20. The number of aromatic amines is 2. The van der Waals surface area contributed by atoms with Crippen LogP contribution in [0.5, 0.6) is 5.75 Å². The fraction of sp³-hybridized carbons (Fsp3) is 0.344. The monoisotopic (exact) mass is 617 g/mol. The Morgan fingerprint density at radius 1 is 0.889 bits per heavy atom. The fourth-order valence-electron chi connectivity index (χ4n) is 5.02.